The molecule has 0 atom stereocenters. The fourth-order valence-corrected chi connectivity index (χ4v) is 1.42. The van der Waals surface area contributed by atoms with Crippen molar-refractivity contribution in [2.24, 2.45) is 0 Å². The van der Waals surface area contributed by atoms with Crippen LogP contribution in [0.2, 0.25) is 0 Å². The lowest BCUT2D eigenvalue weighted by atomic mass is 10.1. The number of benzene rings is 1. The molecule has 1 aromatic carbocycles. The topological polar surface area (TPSA) is 62.7 Å². The summed E-state index contributed by atoms with van der Waals surface area (Å²) in [6.07, 6.45) is 0.908. The van der Waals surface area contributed by atoms with Crippen LogP contribution in [0.15, 0.2) is 28.8 Å². The minimum Gasteiger partial charge on any atom is -0.339 e. The molecule has 4 nitrogen and oxygen atoms in total. The molecule has 80 valence electrons. The lowest BCUT2D eigenvalue weighted by Crippen LogP contribution is -1.84. The first-order chi connectivity index (χ1) is 7.79. The van der Waals surface area contributed by atoms with Crippen LogP contribution in [0, 0.1) is 18.3 Å². The molecule has 0 saturated heterocycles. The number of hydrogen-bond donors (Lipinski definition) is 0. The summed E-state index contributed by atoms with van der Waals surface area (Å²) < 4.78 is 5.05. The molecule has 0 N–H and O–H groups in total. The molecule has 0 radical (unpaired) electrons. The molecule has 0 aliphatic heterocycles. The third-order valence-electron chi connectivity index (χ3n) is 2.20. The van der Waals surface area contributed by atoms with Crippen molar-refractivity contribution in [3.8, 4) is 17.5 Å². The largest absolute Gasteiger partial charge is 0.339 e. The van der Waals surface area contributed by atoms with Gasteiger partial charge in [-0.15, -0.1) is 0 Å². The van der Waals surface area contributed by atoms with E-state index >= 15 is 0 Å². The van der Waals surface area contributed by atoms with E-state index in [2.05, 4.69) is 10.1 Å². The molecule has 0 bridgehead atoms. The summed E-state index contributed by atoms with van der Waals surface area (Å²) in [4.78, 5) is 4.23. The first kappa shape index (κ1) is 10.4. The standard InChI is InChI=1S/C12H11N3O/c1-9-4-2-5-10(8-9)12-14-11(16-15-12)6-3-7-13/h2,4-5,8H,3,6H2,1H3. The van der Waals surface area contributed by atoms with Crippen LogP contribution in [0.4, 0.5) is 0 Å². The molecule has 0 aliphatic rings. The highest BCUT2D eigenvalue weighted by Crippen LogP contribution is 2.17. The van der Waals surface area contributed by atoms with E-state index in [9.17, 15) is 0 Å². The van der Waals surface area contributed by atoms with E-state index in [1.54, 1.807) is 0 Å². The highest BCUT2D eigenvalue weighted by molar-refractivity contribution is 5.55. The van der Waals surface area contributed by atoms with Gasteiger partial charge in [0.05, 0.1) is 6.07 Å². The summed E-state index contributed by atoms with van der Waals surface area (Å²) in [5, 5.41) is 12.3. The molecule has 2 aromatic rings. The minimum absolute atomic E-state index is 0.398. The smallest absolute Gasteiger partial charge is 0.227 e. The van der Waals surface area contributed by atoms with Crippen LogP contribution in [0.1, 0.15) is 17.9 Å². The Labute approximate surface area is 93.5 Å². The van der Waals surface area contributed by atoms with Crippen LogP contribution >= 0.6 is 0 Å². The van der Waals surface area contributed by atoms with E-state index in [0.29, 0.717) is 24.6 Å². The van der Waals surface area contributed by atoms with Crippen LogP contribution in [0.5, 0.6) is 0 Å². The highest BCUT2D eigenvalue weighted by Gasteiger charge is 2.07. The van der Waals surface area contributed by atoms with Crippen molar-refractivity contribution in [3.05, 3.63) is 35.7 Å². The third-order valence-corrected chi connectivity index (χ3v) is 2.20. The van der Waals surface area contributed by atoms with E-state index < -0.39 is 0 Å². The summed E-state index contributed by atoms with van der Waals surface area (Å²) in [7, 11) is 0. The van der Waals surface area contributed by atoms with E-state index in [4.69, 9.17) is 9.78 Å². The van der Waals surface area contributed by atoms with Gasteiger partial charge in [0.2, 0.25) is 11.7 Å². The lowest BCUT2D eigenvalue weighted by molar-refractivity contribution is 0.380. The maximum atomic E-state index is 8.45. The van der Waals surface area contributed by atoms with E-state index in [-0.39, 0.29) is 0 Å². The Balaban J connectivity index is 2.22. The summed E-state index contributed by atoms with van der Waals surface area (Å²) in [6.45, 7) is 2.01. The van der Waals surface area contributed by atoms with Gasteiger partial charge in [0.1, 0.15) is 0 Å². The summed E-state index contributed by atoms with van der Waals surface area (Å²) in [6, 6.07) is 9.95. The Hall–Kier alpha value is -2.15. The average molecular weight is 213 g/mol. The molecule has 1 aromatic heterocycles. The number of rotatable bonds is 3. The second kappa shape index (κ2) is 4.58. The molecule has 16 heavy (non-hydrogen) atoms. The Kier molecular flexibility index (Phi) is 2.97. The first-order valence-corrected chi connectivity index (χ1v) is 5.06. The minimum atomic E-state index is 0.398. The fraction of sp³-hybridized carbons (Fsp3) is 0.250. The Bertz CT molecular complexity index is 525. The van der Waals surface area contributed by atoms with Crippen molar-refractivity contribution in [1.29, 1.82) is 5.26 Å². The Morgan fingerprint density at radius 3 is 3.06 bits per heavy atom. The molecule has 4 heteroatoms. The van der Waals surface area contributed by atoms with Gasteiger partial charge >= 0.3 is 0 Å². The predicted molar refractivity (Wildman–Crippen MR) is 58.4 cm³/mol. The monoisotopic (exact) mass is 213 g/mol. The molecule has 0 unspecified atom stereocenters. The summed E-state index contributed by atoms with van der Waals surface area (Å²) >= 11 is 0. The van der Waals surface area contributed by atoms with Crippen molar-refractivity contribution in [2.75, 3.05) is 0 Å². The molecule has 1 heterocycles. The van der Waals surface area contributed by atoms with Crippen molar-refractivity contribution < 1.29 is 4.52 Å². The van der Waals surface area contributed by atoms with Crippen LogP contribution in [-0.2, 0) is 6.42 Å². The second-order valence-electron chi connectivity index (χ2n) is 3.54. The van der Waals surface area contributed by atoms with Crippen molar-refractivity contribution in [1.82, 2.24) is 10.1 Å². The predicted octanol–water partition coefficient (Wildman–Crippen LogP) is 2.50. The number of aromatic nitrogens is 2. The van der Waals surface area contributed by atoms with E-state index in [0.717, 1.165) is 11.1 Å². The van der Waals surface area contributed by atoms with Gasteiger partial charge in [0, 0.05) is 18.4 Å². The van der Waals surface area contributed by atoms with Crippen LogP contribution < -0.4 is 0 Å². The van der Waals surface area contributed by atoms with Gasteiger partial charge in [-0.3, -0.25) is 0 Å². The van der Waals surface area contributed by atoms with Gasteiger partial charge in [-0.2, -0.15) is 10.2 Å². The summed E-state index contributed by atoms with van der Waals surface area (Å²) in [5.41, 5.74) is 2.09. The first-order valence-electron chi connectivity index (χ1n) is 5.06. The van der Waals surface area contributed by atoms with Gasteiger partial charge in [0.15, 0.2) is 0 Å². The molecule has 0 aliphatic carbocycles. The fourth-order valence-electron chi connectivity index (χ4n) is 1.42. The zero-order valence-corrected chi connectivity index (χ0v) is 8.97. The third kappa shape index (κ3) is 2.26. The number of aryl methyl sites for hydroxylation is 2. The van der Waals surface area contributed by atoms with Crippen molar-refractivity contribution >= 4 is 0 Å². The lowest BCUT2D eigenvalue weighted by Gasteiger charge is -1.94. The van der Waals surface area contributed by atoms with Crippen LogP contribution in [0.3, 0.4) is 0 Å². The molecule has 0 fully saturated rings. The van der Waals surface area contributed by atoms with Gasteiger partial charge in [-0.1, -0.05) is 28.9 Å². The number of hydrogen-bond acceptors (Lipinski definition) is 4. The van der Waals surface area contributed by atoms with Gasteiger partial charge in [-0.05, 0) is 13.0 Å². The molecule has 0 saturated carbocycles. The SMILES string of the molecule is Cc1cccc(-c2noc(CCC#N)n2)c1. The molecule has 2 rings (SSSR count). The zero-order valence-electron chi connectivity index (χ0n) is 8.97. The normalized spacial score (nSPS) is 10.0. The molecular weight excluding hydrogens is 202 g/mol. The molecular formula is C12H11N3O. The Morgan fingerprint density at radius 2 is 2.31 bits per heavy atom. The summed E-state index contributed by atoms with van der Waals surface area (Å²) in [5.74, 6) is 1.09. The average Bonchev–Trinajstić information content (AvgIpc) is 2.75. The molecule has 0 spiro atoms. The van der Waals surface area contributed by atoms with E-state index in [1.807, 2.05) is 37.3 Å². The van der Waals surface area contributed by atoms with Gasteiger partial charge in [-0.25, -0.2) is 0 Å². The van der Waals surface area contributed by atoms with Crippen LogP contribution in [-0.4, -0.2) is 10.1 Å². The number of nitriles is 1. The van der Waals surface area contributed by atoms with Gasteiger partial charge in [0.25, 0.3) is 0 Å². The van der Waals surface area contributed by atoms with E-state index in [1.165, 1.54) is 0 Å². The van der Waals surface area contributed by atoms with Crippen molar-refractivity contribution in [2.45, 2.75) is 19.8 Å². The number of nitrogens with zero attached hydrogens (tertiary/aromatic N) is 3. The Morgan fingerprint density at radius 1 is 1.44 bits per heavy atom. The maximum absolute atomic E-state index is 8.45. The van der Waals surface area contributed by atoms with Gasteiger partial charge < -0.3 is 4.52 Å². The quantitative estimate of drug-likeness (QED) is 0.785. The highest BCUT2D eigenvalue weighted by atomic mass is 16.5. The second-order valence-corrected chi connectivity index (χ2v) is 3.54. The molecule has 0 amide bonds. The maximum Gasteiger partial charge on any atom is 0.227 e. The van der Waals surface area contributed by atoms with Crippen molar-refractivity contribution in [3.63, 3.8) is 0 Å². The zero-order chi connectivity index (χ0) is 11.4. The van der Waals surface area contributed by atoms with Crippen LogP contribution in [0.25, 0.3) is 11.4 Å².